The van der Waals surface area contributed by atoms with Gasteiger partial charge in [0, 0.05) is 20.1 Å². The van der Waals surface area contributed by atoms with Crippen molar-refractivity contribution in [2.75, 3.05) is 26.8 Å². The molecule has 2 amide bonds. The molecule has 0 saturated heterocycles. The highest BCUT2D eigenvalue weighted by molar-refractivity contribution is 5.87. The molecular formula is C11H23N3O3. The molecule has 0 aromatic heterocycles. The first-order valence-corrected chi connectivity index (χ1v) is 5.88. The molecule has 0 saturated carbocycles. The van der Waals surface area contributed by atoms with Crippen molar-refractivity contribution in [3.05, 3.63) is 0 Å². The molecule has 0 fully saturated rings. The second-order valence-electron chi connectivity index (χ2n) is 3.82. The Morgan fingerprint density at radius 1 is 1.35 bits per heavy atom. The second-order valence-corrected chi connectivity index (χ2v) is 3.82. The van der Waals surface area contributed by atoms with Gasteiger partial charge in [0.2, 0.25) is 11.8 Å². The van der Waals surface area contributed by atoms with Crippen LogP contribution in [-0.4, -0.2) is 44.7 Å². The number of carbonyl (C=O) groups excluding carboxylic acids is 2. The van der Waals surface area contributed by atoms with E-state index in [1.807, 2.05) is 0 Å². The van der Waals surface area contributed by atoms with Crippen molar-refractivity contribution in [3.8, 4) is 0 Å². The Hall–Kier alpha value is -1.14. The molecule has 100 valence electrons. The van der Waals surface area contributed by atoms with Crippen LogP contribution in [0.15, 0.2) is 0 Å². The molecule has 0 aliphatic heterocycles. The van der Waals surface area contributed by atoms with Gasteiger partial charge in [-0.1, -0.05) is 0 Å². The van der Waals surface area contributed by atoms with E-state index < -0.39 is 6.04 Å². The first-order chi connectivity index (χ1) is 8.11. The van der Waals surface area contributed by atoms with Gasteiger partial charge in [-0.05, 0) is 26.3 Å². The molecule has 6 nitrogen and oxygen atoms in total. The molecule has 0 heterocycles. The summed E-state index contributed by atoms with van der Waals surface area (Å²) in [6, 6.07) is -0.516. The molecule has 0 aliphatic rings. The van der Waals surface area contributed by atoms with Crippen LogP contribution in [0.25, 0.3) is 0 Å². The second kappa shape index (κ2) is 10.0. The van der Waals surface area contributed by atoms with Gasteiger partial charge in [-0.2, -0.15) is 0 Å². The highest BCUT2D eigenvalue weighted by Crippen LogP contribution is 1.94. The van der Waals surface area contributed by atoms with E-state index in [0.29, 0.717) is 26.1 Å². The molecular weight excluding hydrogens is 222 g/mol. The molecule has 0 spiro atoms. The van der Waals surface area contributed by atoms with Gasteiger partial charge < -0.3 is 21.1 Å². The van der Waals surface area contributed by atoms with E-state index in [2.05, 4.69) is 10.6 Å². The third-order valence-electron chi connectivity index (χ3n) is 2.23. The van der Waals surface area contributed by atoms with Gasteiger partial charge >= 0.3 is 0 Å². The van der Waals surface area contributed by atoms with Crippen LogP contribution in [0.1, 0.15) is 26.2 Å². The van der Waals surface area contributed by atoms with E-state index >= 15 is 0 Å². The predicted octanol–water partition coefficient (Wildman–Crippen LogP) is -0.617. The van der Waals surface area contributed by atoms with Crippen LogP contribution in [-0.2, 0) is 14.3 Å². The quantitative estimate of drug-likeness (QED) is 0.472. The molecule has 0 aromatic carbocycles. The number of methoxy groups -OCH3 is 1. The van der Waals surface area contributed by atoms with E-state index in [4.69, 9.17) is 10.5 Å². The Bertz CT molecular complexity index is 234. The van der Waals surface area contributed by atoms with Crippen molar-refractivity contribution < 1.29 is 14.3 Å². The lowest BCUT2D eigenvalue weighted by molar-refractivity contribution is -0.128. The normalized spacial score (nSPS) is 11.9. The SMILES string of the molecule is COCCNC(=O)C(C)NC(=O)CCCCN. The zero-order valence-corrected chi connectivity index (χ0v) is 10.6. The van der Waals surface area contributed by atoms with E-state index in [0.717, 1.165) is 12.8 Å². The minimum absolute atomic E-state index is 0.118. The van der Waals surface area contributed by atoms with Gasteiger partial charge in [0.15, 0.2) is 0 Å². The van der Waals surface area contributed by atoms with Crippen LogP contribution in [0.2, 0.25) is 0 Å². The fraction of sp³-hybridized carbons (Fsp3) is 0.818. The molecule has 4 N–H and O–H groups in total. The van der Waals surface area contributed by atoms with Crippen molar-refractivity contribution in [2.45, 2.75) is 32.2 Å². The van der Waals surface area contributed by atoms with Crippen LogP contribution in [0.5, 0.6) is 0 Å². The average molecular weight is 245 g/mol. The number of carbonyl (C=O) groups is 2. The molecule has 17 heavy (non-hydrogen) atoms. The Morgan fingerprint density at radius 2 is 2.06 bits per heavy atom. The van der Waals surface area contributed by atoms with Crippen LogP contribution in [0, 0.1) is 0 Å². The van der Waals surface area contributed by atoms with Gasteiger partial charge in [0.05, 0.1) is 6.61 Å². The summed E-state index contributed by atoms with van der Waals surface area (Å²) >= 11 is 0. The average Bonchev–Trinajstić information content (AvgIpc) is 2.29. The monoisotopic (exact) mass is 245 g/mol. The Balaban J connectivity index is 3.71. The van der Waals surface area contributed by atoms with Gasteiger partial charge in [0.1, 0.15) is 6.04 Å². The van der Waals surface area contributed by atoms with Crippen LogP contribution in [0.4, 0.5) is 0 Å². The van der Waals surface area contributed by atoms with E-state index in [1.165, 1.54) is 0 Å². The van der Waals surface area contributed by atoms with Crippen LogP contribution in [0.3, 0.4) is 0 Å². The minimum atomic E-state index is -0.516. The number of rotatable bonds is 9. The van der Waals surface area contributed by atoms with E-state index in [9.17, 15) is 9.59 Å². The molecule has 0 radical (unpaired) electrons. The van der Waals surface area contributed by atoms with E-state index in [1.54, 1.807) is 14.0 Å². The number of nitrogens with one attached hydrogen (secondary N) is 2. The lowest BCUT2D eigenvalue weighted by Crippen LogP contribution is -2.45. The molecule has 0 aromatic rings. The maximum Gasteiger partial charge on any atom is 0.242 e. The van der Waals surface area contributed by atoms with Crippen molar-refractivity contribution in [2.24, 2.45) is 5.73 Å². The Kier molecular flexibility index (Phi) is 9.37. The zero-order chi connectivity index (χ0) is 13.1. The Morgan fingerprint density at radius 3 is 2.65 bits per heavy atom. The summed E-state index contributed by atoms with van der Waals surface area (Å²) in [5.74, 6) is -0.318. The van der Waals surface area contributed by atoms with Crippen LogP contribution < -0.4 is 16.4 Å². The molecule has 0 aliphatic carbocycles. The summed E-state index contributed by atoms with van der Waals surface area (Å²) in [5, 5.41) is 5.29. The summed E-state index contributed by atoms with van der Waals surface area (Å²) in [7, 11) is 1.56. The number of nitrogens with two attached hydrogens (primary N) is 1. The fourth-order valence-corrected chi connectivity index (χ4v) is 1.24. The minimum Gasteiger partial charge on any atom is -0.383 e. The number of hydrogen-bond acceptors (Lipinski definition) is 4. The highest BCUT2D eigenvalue weighted by atomic mass is 16.5. The van der Waals surface area contributed by atoms with Crippen molar-refractivity contribution in [1.29, 1.82) is 0 Å². The van der Waals surface area contributed by atoms with E-state index in [-0.39, 0.29) is 11.8 Å². The number of amides is 2. The summed E-state index contributed by atoms with van der Waals surface area (Å²) < 4.78 is 4.80. The molecule has 1 unspecified atom stereocenters. The lowest BCUT2D eigenvalue weighted by atomic mass is 10.2. The van der Waals surface area contributed by atoms with Gasteiger partial charge in [-0.15, -0.1) is 0 Å². The van der Waals surface area contributed by atoms with Gasteiger partial charge in [-0.25, -0.2) is 0 Å². The molecule has 0 bridgehead atoms. The number of ether oxygens (including phenoxy) is 1. The van der Waals surface area contributed by atoms with Gasteiger partial charge in [0.25, 0.3) is 0 Å². The maximum atomic E-state index is 11.5. The fourth-order valence-electron chi connectivity index (χ4n) is 1.24. The predicted molar refractivity (Wildman–Crippen MR) is 65.4 cm³/mol. The summed E-state index contributed by atoms with van der Waals surface area (Å²) in [6.45, 7) is 3.15. The summed E-state index contributed by atoms with van der Waals surface area (Å²) in [4.78, 5) is 22.9. The number of unbranched alkanes of at least 4 members (excludes halogenated alkanes) is 1. The number of hydrogen-bond donors (Lipinski definition) is 3. The smallest absolute Gasteiger partial charge is 0.242 e. The molecule has 6 heteroatoms. The standard InChI is InChI=1S/C11H23N3O3/c1-9(11(16)13-7-8-17-2)14-10(15)5-3-4-6-12/h9H,3-8,12H2,1-2H3,(H,13,16)(H,14,15). The first-order valence-electron chi connectivity index (χ1n) is 5.88. The van der Waals surface area contributed by atoms with Gasteiger partial charge in [-0.3, -0.25) is 9.59 Å². The Labute approximate surface area is 102 Å². The summed E-state index contributed by atoms with van der Waals surface area (Å²) in [6.07, 6.45) is 1.98. The summed E-state index contributed by atoms with van der Waals surface area (Å²) in [5.41, 5.74) is 5.32. The van der Waals surface area contributed by atoms with Crippen molar-refractivity contribution >= 4 is 11.8 Å². The topological polar surface area (TPSA) is 93.5 Å². The third-order valence-corrected chi connectivity index (χ3v) is 2.23. The highest BCUT2D eigenvalue weighted by Gasteiger charge is 2.14. The maximum absolute atomic E-state index is 11.5. The zero-order valence-electron chi connectivity index (χ0n) is 10.6. The molecule has 1 atom stereocenters. The van der Waals surface area contributed by atoms with Crippen molar-refractivity contribution in [1.82, 2.24) is 10.6 Å². The third kappa shape index (κ3) is 8.65. The van der Waals surface area contributed by atoms with Crippen molar-refractivity contribution in [3.63, 3.8) is 0 Å². The lowest BCUT2D eigenvalue weighted by Gasteiger charge is -2.13. The largest absolute Gasteiger partial charge is 0.383 e. The molecule has 0 rings (SSSR count). The van der Waals surface area contributed by atoms with Crippen LogP contribution >= 0.6 is 0 Å². The first kappa shape index (κ1) is 15.9.